The summed E-state index contributed by atoms with van der Waals surface area (Å²) in [6, 6.07) is 7.41. The molecule has 17 heavy (non-hydrogen) atoms. The van der Waals surface area contributed by atoms with Crippen LogP contribution >= 0.6 is 22.6 Å². The Bertz CT molecular complexity index is 412. The number of hydrogen-bond acceptors (Lipinski definition) is 2. The van der Waals surface area contributed by atoms with Crippen molar-refractivity contribution >= 4 is 28.5 Å². The molecule has 0 unspecified atom stereocenters. The monoisotopic (exact) mass is 344 g/mol. The summed E-state index contributed by atoms with van der Waals surface area (Å²) in [5.41, 5.74) is 8.74. The number of amides is 1. The first-order chi connectivity index (χ1) is 8.24. The molecule has 1 N–H and O–H groups in total. The van der Waals surface area contributed by atoms with E-state index in [1.165, 1.54) is 0 Å². The lowest BCUT2D eigenvalue weighted by Crippen LogP contribution is -2.24. The summed E-state index contributed by atoms with van der Waals surface area (Å²) in [4.78, 5) is 14.3. The molecular weight excluding hydrogens is 331 g/mol. The normalized spacial score (nSPS) is 9.47. The number of carbonyl (C=O) groups is 1. The molecule has 0 aliphatic rings. The van der Waals surface area contributed by atoms with Gasteiger partial charge in [0.05, 0.1) is 0 Å². The van der Waals surface area contributed by atoms with Gasteiger partial charge in [-0.15, -0.1) is 0 Å². The van der Waals surface area contributed by atoms with Crippen molar-refractivity contribution in [2.45, 2.75) is 12.8 Å². The fourth-order valence-electron chi connectivity index (χ4n) is 1.26. The molecule has 1 rings (SSSR count). The molecule has 90 valence electrons. The number of azide groups is 1. The summed E-state index contributed by atoms with van der Waals surface area (Å²) in [6.45, 7) is 1.08. The molecule has 0 atom stereocenters. The quantitative estimate of drug-likeness (QED) is 0.278. The Morgan fingerprint density at radius 3 is 2.71 bits per heavy atom. The molecule has 0 saturated carbocycles. The molecular formula is C11H13IN4O. The maximum atomic E-state index is 11.6. The fourth-order valence-corrected chi connectivity index (χ4v) is 1.62. The van der Waals surface area contributed by atoms with E-state index in [4.69, 9.17) is 5.53 Å². The molecule has 0 heterocycles. The maximum absolute atomic E-state index is 11.6. The maximum Gasteiger partial charge on any atom is 0.251 e. The predicted molar refractivity (Wildman–Crippen MR) is 74.7 cm³/mol. The average molecular weight is 344 g/mol. The zero-order chi connectivity index (χ0) is 12.5. The minimum atomic E-state index is -0.0646. The summed E-state index contributed by atoms with van der Waals surface area (Å²) in [5, 5.41) is 6.24. The topological polar surface area (TPSA) is 77.9 Å². The number of nitrogens with zero attached hydrogens (tertiary/aromatic N) is 3. The Morgan fingerprint density at radius 1 is 1.35 bits per heavy atom. The van der Waals surface area contributed by atoms with E-state index in [0.717, 1.165) is 16.4 Å². The van der Waals surface area contributed by atoms with E-state index < -0.39 is 0 Å². The molecule has 0 aliphatic carbocycles. The SMILES string of the molecule is [N-]=[N+]=NCCCCNC(=O)c1ccc(I)cc1. The van der Waals surface area contributed by atoms with Gasteiger partial charge >= 0.3 is 0 Å². The Balaban J connectivity index is 2.25. The van der Waals surface area contributed by atoms with Crippen molar-refractivity contribution in [2.24, 2.45) is 5.11 Å². The number of benzene rings is 1. The van der Waals surface area contributed by atoms with Crippen molar-refractivity contribution in [3.63, 3.8) is 0 Å². The van der Waals surface area contributed by atoms with Crippen LogP contribution in [0.25, 0.3) is 10.4 Å². The molecule has 0 fully saturated rings. The molecule has 1 aromatic carbocycles. The van der Waals surface area contributed by atoms with Crippen molar-refractivity contribution in [1.82, 2.24) is 5.32 Å². The molecule has 1 amide bonds. The number of carbonyl (C=O) groups excluding carboxylic acids is 1. The van der Waals surface area contributed by atoms with Crippen molar-refractivity contribution in [3.05, 3.63) is 43.8 Å². The molecule has 0 saturated heterocycles. The van der Waals surface area contributed by atoms with Gasteiger partial charge in [0.15, 0.2) is 0 Å². The molecule has 0 bridgehead atoms. The van der Waals surface area contributed by atoms with Crippen LogP contribution in [-0.4, -0.2) is 19.0 Å². The summed E-state index contributed by atoms with van der Waals surface area (Å²) < 4.78 is 1.11. The van der Waals surface area contributed by atoms with Gasteiger partial charge in [-0.2, -0.15) is 0 Å². The number of hydrogen-bond donors (Lipinski definition) is 1. The summed E-state index contributed by atoms with van der Waals surface area (Å²) >= 11 is 2.20. The van der Waals surface area contributed by atoms with Crippen LogP contribution in [0.15, 0.2) is 29.4 Å². The summed E-state index contributed by atoms with van der Waals surface area (Å²) in [5.74, 6) is -0.0646. The van der Waals surface area contributed by atoms with E-state index in [1.54, 1.807) is 12.1 Å². The van der Waals surface area contributed by atoms with Gasteiger partial charge in [0.2, 0.25) is 0 Å². The van der Waals surface area contributed by atoms with Gasteiger partial charge in [-0.05, 0) is 65.2 Å². The van der Waals surface area contributed by atoms with E-state index in [-0.39, 0.29) is 5.91 Å². The third-order valence-electron chi connectivity index (χ3n) is 2.14. The number of rotatable bonds is 6. The smallest absolute Gasteiger partial charge is 0.251 e. The van der Waals surface area contributed by atoms with Crippen LogP contribution in [0, 0.1) is 3.57 Å². The lowest BCUT2D eigenvalue weighted by molar-refractivity contribution is 0.0953. The van der Waals surface area contributed by atoms with Crippen LogP contribution in [0.5, 0.6) is 0 Å². The zero-order valence-corrected chi connectivity index (χ0v) is 11.4. The lowest BCUT2D eigenvalue weighted by Gasteiger charge is -2.04. The minimum absolute atomic E-state index is 0.0646. The Hall–Kier alpha value is -1.27. The first-order valence-electron chi connectivity index (χ1n) is 5.28. The average Bonchev–Trinajstić information content (AvgIpc) is 2.34. The van der Waals surface area contributed by atoms with Crippen molar-refractivity contribution < 1.29 is 4.79 Å². The van der Waals surface area contributed by atoms with Crippen LogP contribution in [0.2, 0.25) is 0 Å². The van der Waals surface area contributed by atoms with Gasteiger partial charge in [0.1, 0.15) is 0 Å². The highest BCUT2D eigenvalue weighted by Crippen LogP contribution is 2.06. The summed E-state index contributed by atoms with van der Waals surface area (Å²) in [6.07, 6.45) is 1.60. The van der Waals surface area contributed by atoms with Crippen molar-refractivity contribution in [2.75, 3.05) is 13.1 Å². The molecule has 0 spiro atoms. The number of unbranched alkanes of at least 4 members (excludes halogenated alkanes) is 1. The minimum Gasteiger partial charge on any atom is -0.352 e. The summed E-state index contributed by atoms with van der Waals surface area (Å²) in [7, 11) is 0. The van der Waals surface area contributed by atoms with Gasteiger partial charge in [0, 0.05) is 27.1 Å². The second-order valence-corrected chi connectivity index (χ2v) is 4.67. The van der Waals surface area contributed by atoms with Crippen molar-refractivity contribution in [3.8, 4) is 0 Å². The molecule has 1 aromatic rings. The first-order valence-corrected chi connectivity index (χ1v) is 6.36. The Labute approximate surface area is 113 Å². The lowest BCUT2D eigenvalue weighted by atomic mass is 10.2. The van der Waals surface area contributed by atoms with Gasteiger partial charge in [-0.3, -0.25) is 4.79 Å². The van der Waals surface area contributed by atoms with Gasteiger partial charge < -0.3 is 5.32 Å². The zero-order valence-electron chi connectivity index (χ0n) is 9.27. The standard InChI is InChI=1S/C11H13IN4O/c12-10-5-3-9(4-6-10)11(17)14-7-1-2-8-15-16-13/h3-6H,1-2,7-8H2,(H,14,17). The third-order valence-corrected chi connectivity index (χ3v) is 2.86. The molecule has 5 nitrogen and oxygen atoms in total. The Kier molecular flexibility index (Phi) is 6.42. The largest absolute Gasteiger partial charge is 0.352 e. The third kappa shape index (κ3) is 5.55. The molecule has 0 aromatic heterocycles. The highest BCUT2D eigenvalue weighted by molar-refractivity contribution is 14.1. The second-order valence-electron chi connectivity index (χ2n) is 3.42. The van der Waals surface area contributed by atoms with Crippen LogP contribution in [-0.2, 0) is 0 Å². The number of nitrogens with one attached hydrogen (secondary N) is 1. The highest BCUT2D eigenvalue weighted by Gasteiger charge is 2.03. The molecule has 6 heteroatoms. The second kappa shape index (κ2) is 7.92. The van der Waals surface area contributed by atoms with Crippen molar-refractivity contribution in [1.29, 1.82) is 0 Å². The van der Waals surface area contributed by atoms with E-state index in [9.17, 15) is 4.79 Å². The van der Waals surface area contributed by atoms with E-state index in [2.05, 4.69) is 37.9 Å². The first kappa shape index (κ1) is 13.8. The highest BCUT2D eigenvalue weighted by atomic mass is 127. The predicted octanol–water partition coefficient (Wildman–Crippen LogP) is 3.11. The van der Waals surface area contributed by atoms with Gasteiger partial charge in [0.25, 0.3) is 5.91 Å². The Morgan fingerprint density at radius 2 is 2.06 bits per heavy atom. The van der Waals surface area contributed by atoms with E-state index in [1.807, 2.05) is 12.1 Å². The fraction of sp³-hybridized carbons (Fsp3) is 0.364. The van der Waals surface area contributed by atoms with Crippen LogP contribution in [0.1, 0.15) is 23.2 Å². The van der Waals surface area contributed by atoms with Crippen LogP contribution in [0.4, 0.5) is 0 Å². The van der Waals surface area contributed by atoms with Crippen LogP contribution in [0.3, 0.4) is 0 Å². The molecule has 0 radical (unpaired) electrons. The molecule has 0 aliphatic heterocycles. The van der Waals surface area contributed by atoms with Gasteiger partial charge in [-0.1, -0.05) is 5.11 Å². The van der Waals surface area contributed by atoms with E-state index in [0.29, 0.717) is 18.7 Å². The van der Waals surface area contributed by atoms with E-state index >= 15 is 0 Å². The van der Waals surface area contributed by atoms with Gasteiger partial charge in [-0.25, -0.2) is 0 Å². The number of halogens is 1. The van der Waals surface area contributed by atoms with Crippen LogP contribution < -0.4 is 5.32 Å².